The highest BCUT2D eigenvalue weighted by molar-refractivity contribution is 6.02. The zero-order chi connectivity index (χ0) is 19.2. The fraction of sp³-hybridized carbons (Fsp3) is 0.333. The van der Waals surface area contributed by atoms with Crippen LogP contribution in [0.15, 0.2) is 48.5 Å². The van der Waals surface area contributed by atoms with E-state index in [1.54, 1.807) is 31.2 Å². The highest BCUT2D eigenvalue weighted by Crippen LogP contribution is 2.29. The van der Waals surface area contributed by atoms with Crippen LogP contribution in [-0.4, -0.2) is 25.0 Å². The Bertz CT molecular complexity index is 779. The van der Waals surface area contributed by atoms with E-state index in [4.69, 9.17) is 4.74 Å². The molecule has 0 bridgehead atoms. The highest BCUT2D eigenvalue weighted by atomic mass is 16.5. The van der Waals surface area contributed by atoms with Crippen LogP contribution in [0.3, 0.4) is 0 Å². The Kier molecular flexibility index (Phi) is 6.39. The summed E-state index contributed by atoms with van der Waals surface area (Å²) in [5, 5.41) is 5.96. The Balaban J connectivity index is 2.06. The number of nitrogens with one attached hydrogen (secondary N) is 2. The van der Waals surface area contributed by atoms with Gasteiger partial charge in [0.25, 0.3) is 0 Å². The van der Waals surface area contributed by atoms with Gasteiger partial charge in [0.2, 0.25) is 5.91 Å². The first kappa shape index (κ1) is 19.5. The van der Waals surface area contributed by atoms with Crippen molar-refractivity contribution in [1.29, 1.82) is 0 Å². The van der Waals surface area contributed by atoms with Crippen LogP contribution in [0.25, 0.3) is 0 Å². The molecular formula is C21H26N2O3. The second-order valence-electron chi connectivity index (χ2n) is 6.96. The van der Waals surface area contributed by atoms with E-state index in [-0.39, 0.29) is 24.5 Å². The standard InChI is InChI=1S/C21H26N2O3/c1-5-26-20(25)15-10-6-8-12-17(15)23-19(24)14-22-18-13-9-7-11-16(18)21(2,3)4/h6-13,22H,5,14H2,1-4H3,(H,23,24). The van der Waals surface area contributed by atoms with Crippen LogP contribution in [0.4, 0.5) is 11.4 Å². The first-order valence-electron chi connectivity index (χ1n) is 8.72. The molecule has 2 aromatic rings. The van der Waals surface area contributed by atoms with Crippen molar-refractivity contribution in [1.82, 2.24) is 0 Å². The molecule has 0 radical (unpaired) electrons. The maximum absolute atomic E-state index is 12.4. The van der Waals surface area contributed by atoms with Gasteiger partial charge in [-0.25, -0.2) is 4.79 Å². The zero-order valence-corrected chi connectivity index (χ0v) is 15.8. The van der Waals surface area contributed by atoms with Crippen molar-refractivity contribution < 1.29 is 14.3 Å². The van der Waals surface area contributed by atoms with E-state index in [1.807, 2.05) is 18.2 Å². The van der Waals surface area contributed by atoms with Crippen LogP contribution in [0, 0.1) is 0 Å². The number of para-hydroxylation sites is 2. The summed E-state index contributed by atoms with van der Waals surface area (Å²) in [6, 6.07) is 14.8. The number of ether oxygens (including phenoxy) is 1. The molecule has 0 aliphatic heterocycles. The van der Waals surface area contributed by atoms with Gasteiger partial charge in [-0.3, -0.25) is 4.79 Å². The number of hydrogen-bond donors (Lipinski definition) is 2. The van der Waals surface area contributed by atoms with Gasteiger partial charge in [0, 0.05) is 5.69 Å². The molecule has 0 heterocycles. The van der Waals surface area contributed by atoms with Crippen LogP contribution in [0.5, 0.6) is 0 Å². The lowest BCUT2D eigenvalue weighted by molar-refractivity contribution is -0.114. The molecular weight excluding hydrogens is 328 g/mol. The van der Waals surface area contributed by atoms with Crippen molar-refractivity contribution in [3.8, 4) is 0 Å². The van der Waals surface area contributed by atoms with Crippen LogP contribution in [0.1, 0.15) is 43.6 Å². The van der Waals surface area contributed by atoms with E-state index < -0.39 is 5.97 Å². The third-order valence-electron chi connectivity index (χ3n) is 3.87. The SMILES string of the molecule is CCOC(=O)c1ccccc1NC(=O)CNc1ccccc1C(C)(C)C. The first-order chi connectivity index (χ1) is 12.3. The quantitative estimate of drug-likeness (QED) is 0.763. The largest absolute Gasteiger partial charge is 0.462 e. The Labute approximate surface area is 154 Å². The van der Waals surface area contributed by atoms with Gasteiger partial charge in [0.05, 0.1) is 24.4 Å². The van der Waals surface area contributed by atoms with Crippen molar-refractivity contribution in [3.05, 3.63) is 59.7 Å². The minimum absolute atomic E-state index is 0.0312. The Morgan fingerprint density at radius 2 is 1.58 bits per heavy atom. The molecule has 0 spiro atoms. The molecule has 0 unspecified atom stereocenters. The minimum Gasteiger partial charge on any atom is -0.462 e. The second kappa shape index (κ2) is 8.52. The molecule has 26 heavy (non-hydrogen) atoms. The van der Waals surface area contributed by atoms with Gasteiger partial charge in [-0.15, -0.1) is 0 Å². The molecule has 5 heteroatoms. The molecule has 0 aliphatic rings. The fourth-order valence-electron chi connectivity index (χ4n) is 2.64. The highest BCUT2D eigenvalue weighted by Gasteiger charge is 2.18. The summed E-state index contributed by atoms with van der Waals surface area (Å²) in [6.45, 7) is 8.52. The van der Waals surface area contributed by atoms with Gasteiger partial charge in [-0.05, 0) is 36.1 Å². The lowest BCUT2D eigenvalue weighted by atomic mass is 9.86. The van der Waals surface area contributed by atoms with E-state index in [0.717, 1.165) is 11.3 Å². The predicted molar refractivity (Wildman–Crippen MR) is 105 cm³/mol. The first-order valence-corrected chi connectivity index (χ1v) is 8.72. The number of amides is 1. The van der Waals surface area contributed by atoms with Crippen molar-refractivity contribution >= 4 is 23.3 Å². The summed E-state index contributed by atoms with van der Waals surface area (Å²) < 4.78 is 5.03. The maximum Gasteiger partial charge on any atom is 0.340 e. The molecule has 0 saturated carbocycles. The molecule has 0 atom stereocenters. The van der Waals surface area contributed by atoms with Crippen molar-refractivity contribution in [2.75, 3.05) is 23.8 Å². The second-order valence-corrected chi connectivity index (χ2v) is 6.96. The summed E-state index contributed by atoms with van der Waals surface area (Å²) in [6.07, 6.45) is 0. The molecule has 2 aromatic carbocycles. The maximum atomic E-state index is 12.4. The van der Waals surface area contributed by atoms with E-state index in [2.05, 4.69) is 37.5 Å². The lowest BCUT2D eigenvalue weighted by Crippen LogP contribution is -2.24. The number of rotatable bonds is 6. The van der Waals surface area contributed by atoms with Crippen LogP contribution in [-0.2, 0) is 14.9 Å². The van der Waals surface area contributed by atoms with Gasteiger partial charge >= 0.3 is 5.97 Å². The molecule has 2 rings (SSSR count). The summed E-state index contributed by atoms with van der Waals surface area (Å²) in [7, 11) is 0. The minimum atomic E-state index is -0.450. The van der Waals surface area contributed by atoms with Gasteiger partial charge in [-0.1, -0.05) is 51.1 Å². The molecule has 2 N–H and O–H groups in total. The van der Waals surface area contributed by atoms with Crippen molar-refractivity contribution in [2.24, 2.45) is 0 Å². The monoisotopic (exact) mass is 354 g/mol. The average Bonchev–Trinajstić information content (AvgIpc) is 2.60. The van der Waals surface area contributed by atoms with Gasteiger partial charge in [-0.2, -0.15) is 0 Å². The number of benzene rings is 2. The third kappa shape index (κ3) is 5.09. The summed E-state index contributed by atoms with van der Waals surface area (Å²) in [5.41, 5.74) is 2.82. The number of carbonyl (C=O) groups excluding carboxylic acids is 2. The van der Waals surface area contributed by atoms with Gasteiger partial charge < -0.3 is 15.4 Å². The van der Waals surface area contributed by atoms with E-state index >= 15 is 0 Å². The number of hydrogen-bond acceptors (Lipinski definition) is 4. The average molecular weight is 354 g/mol. The molecule has 5 nitrogen and oxygen atoms in total. The molecule has 1 amide bonds. The molecule has 0 fully saturated rings. The van der Waals surface area contributed by atoms with Gasteiger partial charge in [0.1, 0.15) is 0 Å². The van der Waals surface area contributed by atoms with Crippen LogP contribution in [0.2, 0.25) is 0 Å². The third-order valence-corrected chi connectivity index (χ3v) is 3.87. The Hall–Kier alpha value is -2.82. The van der Waals surface area contributed by atoms with Crippen molar-refractivity contribution in [2.45, 2.75) is 33.1 Å². The number of anilines is 2. The van der Waals surface area contributed by atoms with Crippen molar-refractivity contribution in [3.63, 3.8) is 0 Å². The van der Waals surface area contributed by atoms with Crippen LogP contribution >= 0.6 is 0 Å². The Morgan fingerprint density at radius 1 is 0.962 bits per heavy atom. The zero-order valence-electron chi connectivity index (χ0n) is 15.8. The molecule has 0 aromatic heterocycles. The number of carbonyl (C=O) groups is 2. The summed E-state index contributed by atoms with van der Waals surface area (Å²) in [5.74, 6) is -0.681. The summed E-state index contributed by atoms with van der Waals surface area (Å²) in [4.78, 5) is 24.3. The topological polar surface area (TPSA) is 67.4 Å². The van der Waals surface area contributed by atoms with Crippen LogP contribution < -0.4 is 10.6 Å². The summed E-state index contributed by atoms with van der Waals surface area (Å²) >= 11 is 0. The molecule has 0 saturated heterocycles. The molecule has 0 aliphatic carbocycles. The normalized spacial score (nSPS) is 10.9. The lowest BCUT2D eigenvalue weighted by Gasteiger charge is -2.23. The van der Waals surface area contributed by atoms with E-state index in [0.29, 0.717) is 11.3 Å². The van der Waals surface area contributed by atoms with E-state index in [1.165, 1.54) is 0 Å². The number of esters is 1. The fourth-order valence-corrected chi connectivity index (χ4v) is 2.64. The van der Waals surface area contributed by atoms with E-state index in [9.17, 15) is 9.59 Å². The van der Waals surface area contributed by atoms with Gasteiger partial charge in [0.15, 0.2) is 0 Å². The Morgan fingerprint density at radius 3 is 2.23 bits per heavy atom. The smallest absolute Gasteiger partial charge is 0.340 e. The molecule has 138 valence electrons. The predicted octanol–water partition coefficient (Wildman–Crippen LogP) is 4.21.